The number of nitrogens with zero attached hydrogens (tertiary/aromatic N) is 2. The molecule has 0 aliphatic rings. The van der Waals surface area contributed by atoms with Gasteiger partial charge in [-0.2, -0.15) is 0 Å². The number of para-hydroxylation sites is 2. The summed E-state index contributed by atoms with van der Waals surface area (Å²) in [4.78, 5) is 23.8. The van der Waals surface area contributed by atoms with Crippen molar-refractivity contribution in [2.24, 2.45) is 0 Å². The highest BCUT2D eigenvalue weighted by molar-refractivity contribution is 6.42. The summed E-state index contributed by atoms with van der Waals surface area (Å²) >= 11 is 0. The van der Waals surface area contributed by atoms with Crippen molar-refractivity contribution in [3.8, 4) is 0 Å². The summed E-state index contributed by atoms with van der Waals surface area (Å²) in [6.07, 6.45) is 0.559. The van der Waals surface area contributed by atoms with Gasteiger partial charge in [-0.25, -0.2) is 10.0 Å². The Kier molecular flexibility index (Phi) is 4.46. The van der Waals surface area contributed by atoms with Gasteiger partial charge >= 0.3 is 0 Å². The fourth-order valence-electron chi connectivity index (χ4n) is 1.87. The van der Waals surface area contributed by atoms with Crippen LogP contribution in [0.1, 0.15) is 6.92 Å². The van der Waals surface area contributed by atoms with Crippen LogP contribution in [0.2, 0.25) is 0 Å². The number of amides is 2. The summed E-state index contributed by atoms with van der Waals surface area (Å²) in [5.74, 6) is -0.558. The van der Waals surface area contributed by atoms with Gasteiger partial charge in [0.1, 0.15) is 0 Å². The van der Waals surface area contributed by atoms with Gasteiger partial charge in [0.25, 0.3) is 5.91 Å². The normalized spacial score (nSPS) is 9.76. The Morgan fingerprint density at radius 3 is 1.86 bits per heavy atom. The molecule has 2 rings (SSSR count). The maximum absolute atomic E-state index is 12.3. The lowest BCUT2D eigenvalue weighted by Gasteiger charge is -2.31. The summed E-state index contributed by atoms with van der Waals surface area (Å²) in [6, 6.07) is 17.6. The Labute approximate surface area is 122 Å². The highest BCUT2D eigenvalue weighted by Gasteiger charge is 2.24. The van der Waals surface area contributed by atoms with E-state index in [2.05, 4.69) is 0 Å². The van der Waals surface area contributed by atoms with Crippen LogP contribution in [0.5, 0.6) is 0 Å². The Balaban J connectivity index is 2.50. The molecule has 0 aromatic heterocycles. The van der Waals surface area contributed by atoms with Gasteiger partial charge in [-0.3, -0.25) is 15.0 Å². The van der Waals surface area contributed by atoms with Crippen LogP contribution in [-0.2, 0) is 9.59 Å². The molecule has 0 fully saturated rings. The molecular formula is C16H15N3O2. The predicted octanol–water partition coefficient (Wildman–Crippen LogP) is 2.64. The van der Waals surface area contributed by atoms with Crippen molar-refractivity contribution in [3.05, 3.63) is 60.7 Å². The maximum atomic E-state index is 12.3. The molecule has 0 saturated heterocycles. The van der Waals surface area contributed by atoms with E-state index < -0.39 is 5.91 Å². The van der Waals surface area contributed by atoms with Crippen molar-refractivity contribution in [1.29, 1.82) is 5.41 Å². The van der Waals surface area contributed by atoms with E-state index in [-0.39, 0.29) is 5.71 Å². The molecule has 21 heavy (non-hydrogen) atoms. The molecule has 0 bridgehead atoms. The Morgan fingerprint density at radius 1 is 0.952 bits per heavy atom. The highest BCUT2D eigenvalue weighted by atomic mass is 16.2. The zero-order valence-electron chi connectivity index (χ0n) is 11.6. The molecule has 0 atom stereocenters. The van der Waals surface area contributed by atoms with E-state index in [0.717, 1.165) is 0 Å². The summed E-state index contributed by atoms with van der Waals surface area (Å²) in [7, 11) is 0. The molecule has 5 heteroatoms. The van der Waals surface area contributed by atoms with Crippen molar-refractivity contribution in [1.82, 2.24) is 0 Å². The van der Waals surface area contributed by atoms with E-state index in [1.807, 2.05) is 12.1 Å². The van der Waals surface area contributed by atoms with Crippen LogP contribution in [-0.4, -0.2) is 18.0 Å². The zero-order valence-corrected chi connectivity index (χ0v) is 11.6. The molecular weight excluding hydrogens is 266 g/mol. The molecule has 106 valence electrons. The second kappa shape index (κ2) is 6.47. The van der Waals surface area contributed by atoms with Crippen molar-refractivity contribution >= 4 is 29.4 Å². The number of carbonyl (C=O) groups excluding carboxylic acids is 2. The number of hydrogen-bond donors (Lipinski definition) is 1. The van der Waals surface area contributed by atoms with Gasteiger partial charge in [0.15, 0.2) is 0 Å². The lowest BCUT2D eigenvalue weighted by Crippen LogP contribution is -2.48. The molecule has 0 radical (unpaired) electrons. The van der Waals surface area contributed by atoms with Crippen LogP contribution in [0.15, 0.2) is 60.7 Å². The summed E-state index contributed by atoms with van der Waals surface area (Å²) in [5, 5.41) is 9.95. The number of anilines is 2. The van der Waals surface area contributed by atoms with Gasteiger partial charge in [-0.15, -0.1) is 0 Å². The second-order valence-corrected chi connectivity index (χ2v) is 4.36. The molecule has 2 amide bonds. The molecule has 5 nitrogen and oxygen atoms in total. The lowest BCUT2D eigenvalue weighted by atomic mass is 10.2. The number of rotatable bonds is 5. The monoisotopic (exact) mass is 281 g/mol. The zero-order chi connectivity index (χ0) is 15.2. The van der Waals surface area contributed by atoms with Crippen molar-refractivity contribution in [3.63, 3.8) is 0 Å². The minimum Gasteiger partial charge on any atom is -0.300 e. The average Bonchev–Trinajstić information content (AvgIpc) is 2.53. The number of hydrazine groups is 1. The van der Waals surface area contributed by atoms with E-state index in [1.54, 1.807) is 48.5 Å². The van der Waals surface area contributed by atoms with E-state index >= 15 is 0 Å². The van der Waals surface area contributed by atoms with Crippen LogP contribution >= 0.6 is 0 Å². The summed E-state index contributed by atoms with van der Waals surface area (Å²) in [6.45, 7) is 1.40. The fraction of sp³-hybridized carbons (Fsp3) is 0.0625. The van der Waals surface area contributed by atoms with Gasteiger partial charge in [-0.05, 0) is 31.2 Å². The lowest BCUT2D eigenvalue weighted by molar-refractivity contribution is -0.115. The van der Waals surface area contributed by atoms with Crippen LogP contribution in [0.4, 0.5) is 11.4 Å². The first-order valence-electron chi connectivity index (χ1n) is 6.39. The minimum absolute atomic E-state index is 0.151. The molecule has 2 aromatic rings. The third-order valence-electron chi connectivity index (χ3n) is 2.85. The molecule has 1 N–H and O–H groups in total. The first-order chi connectivity index (χ1) is 10.1. The third kappa shape index (κ3) is 3.14. The number of carbonyl (C=O) groups is 2. The minimum atomic E-state index is -0.558. The molecule has 0 aliphatic carbocycles. The second-order valence-electron chi connectivity index (χ2n) is 4.36. The average molecular weight is 281 g/mol. The summed E-state index contributed by atoms with van der Waals surface area (Å²) < 4.78 is 0. The molecule has 0 heterocycles. The maximum Gasteiger partial charge on any atom is 0.290 e. The molecule has 0 saturated carbocycles. The number of hydrogen-bond acceptors (Lipinski definition) is 3. The smallest absolute Gasteiger partial charge is 0.290 e. The number of nitrogens with one attached hydrogen (secondary N) is 1. The standard InChI is InChI=1S/C16H15N3O2/c1-13(17)16(21)19(15-10-6-3-7-11-15)18(12-20)14-8-4-2-5-9-14/h2-12,17H,1H3. The first-order valence-corrected chi connectivity index (χ1v) is 6.39. The molecule has 0 spiro atoms. The van der Waals surface area contributed by atoms with Gasteiger partial charge < -0.3 is 0 Å². The largest absolute Gasteiger partial charge is 0.300 e. The Morgan fingerprint density at radius 2 is 1.43 bits per heavy atom. The van der Waals surface area contributed by atoms with Crippen molar-refractivity contribution in [2.45, 2.75) is 6.92 Å². The highest BCUT2D eigenvalue weighted by Crippen LogP contribution is 2.21. The quantitative estimate of drug-likeness (QED) is 0.520. The molecule has 0 aliphatic heterocycles. The van der Waals surface area contributed by atoms with Crippen molar-refractivity contribution < 1.29 is 9.59 Å². The Hall–Kier alpha value is -2.95. The number of benzene rings is 2. The van der Waals surface area contributed by atoms with E-state index in [0.29, 0.717) is 17.8 Å². The summed E-state index contributed by atoms with van der Waals surface area (Å²) in [5.41, 5.74) is 0.914. The van der Waals surface area contributed by atoms with Crippen molar-refractivity contribution in [2.75, 3.05) is 10.0 Å². The van der Waals surface area contributed by atoms with Crippen LogP contribution in [0.25, 0.3) is 0 Å². The van der Waals surface area contributed by atoms with Crippen LogP contribution < -0.4 is 10.0 Å². The Bertz CT molecular complexity index is 641. The van der Waals surface area contributed by atoms with E-state index in [9.17, 15) is 9.59 Å². The molecule has 2 aromatic carbocycles. The predicted molar refractivity (Wildman–Crippen MR) is 82.3 cm³/mol. The molecule has 0 unspecified atom stereocenters. The fourth-order valence-corrected chi connectivity index (χ4v) is 1.87. The van der Waals surface area contributed by atoms with E-state index in [1.165, 1.54) is 16.9 Å². The van der Waals surface area contributed by atoms with Gasteiger partial charge in [-0.1, -0.05) is 36.4 Å². The van der Waals surface area contributed by atoms with Gasteiger partial charge in [0.2, 0.25) is 6.41 Å². The van der Waals surface area contributed by atoms with Crippen LogP contribution in [0.3, 0.4) is 0 Å². The van der Waals surface area contributed by atoms with Gasteiger partial charge in [0.05, 0.1) is 17.1 Å². The third-order valence-corrected chi connectivity index (χ3v) is 2.85. The van der Waals surface area contributed by atoms with E-state index in [4.69, 9.17) is 5.41 Å². The first kappa shape index (κ1) is 14.5. The topological polar surface area (TPSA) is 64.5 Å². The van der Waals surface area contributed by atoms with Gasteiger partial charge in [0, 0.05) is 0 Å². The SMILES string of the molecule is CC(=N)C(=O)N(c1ccccc1)N(C=O)c1ccccc1. The van der Waals surface area contributed by atoms with Crippen LogP contribution in [0, 0.1) is 5.41 Å².